The zero-order valence-corrected chi connectivity index (χ0v) is 33.9. The fraction of sp³-hybridized carbons (Fsp3) is 0.0357. The van der Waals surface area contributed by atoms with Gasteiger partial charge in [-0.1, -0.05) is 182 Å². The van der Waals surface area contributed by atoms with Gasteiger partial charge in [-0.25, -0.2) is 9.98 Å². The maximum atomic E-state index is 6.16. The molecule has 1 spiro atoms. The summed E-state index contributed by atoms with van der Waals surface area (Å²) in [6.45, 7) is 0. The molecule has 4 nitrogen and oxygen atoms in total. The molecule has 0 saturated heterocycles. The molecular weight excluding hydrogens is 761 g/mol. The molecule has 2 heterocycles. The van der Waals surface area contributed by atoms with Gasteiger partial charge in [-0.2, -0.15) is 0 Å². The number of aliphatic imine (C=N–C) groups is 2. The number of fused-ring (bicyclic) bond motifs is 11. The Hall–Kier alpha value is -7.47. The average Bonchev–Trinajstić information content (AvgIpc) is 3.62. The van der Waals surface area contributed by atoms with Crippen LogP contribution in [0.3, 0.4) is 0 Å². The number of rotatable bonds is 5. The summed E-state index contributed by atoms with van der Waals surface area (Å²) in [6, 6.07) is 74.3. The van der Waals surface area contributed by atoms with Gasteiger partial charge in [-0.3, -0.25) is 0 Å². The van der Waals surface area contributed by atoms with Crippen LogP contribution in [0, 0.1) is 0 Å². The number of nitrogens with zero attached hydrogens (tertiary/aromatic N) is 2. The summed E-state index contributed by atoms with van der Waals surface area (Å²) in [5, 5.41) is 6.01. The fourth-order valence-corrected chi connectivity index (χ4v) is 10.9. The van der Waals surface area contributed by atoms with Crippen molar-refractivity contribution in [2.45, 2.75) is 21.4 Å². The van der Waals surface area contributed by atoms with Crippen molar-refractivity contribution >= 4 is 39.9 Å². The van der Waals surface area contributed by atoms with Crippen LogP contribution >= 0.6 is 11.8 Å². The topological polar surface area (TPSA) is 62.8 Å². The van der Waals surface area contributed by atoms with Gasteiger partial charge in [-0.05, 0) is 108 Å². The standard InChI is InChI=1S/C56H38N4S/c57-41-30-27-35(28-31-41)40-29-32-51-48(33-40)56(47-21-11-12-22-50(47)61-51)46-20-10-9-19-44(46)52-43-18-8-7-17-42(43)45(34-49(52)56)36-23-25-39(26-24-36)55-59-53(37-13-3-1-4-14-37)58-54(60-55)38-15-5-2-6-16-38/h1-34,55H,57H2,(H,58,59,60). The van der Waals surface area contributed by atoms with Gasteiger partial charge in [0.1, 0.15) is 11.7 Å². The molecule has 1 atom stereocenters. The van der Waals surface area contributed by atoms with E-state index in [0.717, 1.165) is 45.2 Å². The van der Waals surface area contributed by atoms with Crippen LogP contribution < -0.4 is 11.1 Å². The number of nitrogens with two attached hydrogens (primary N) is 1. The van der Waals surface area contributed by atoms with Crippen molar-refractivity contribution in [3.63, 3.8) is 0 Å². The van der Waals surface area contributed by atoms with E-state index in [0.29, 0.717) is 0 Å². The van der Waals surface area contributed by atoms with E-state index < -0.39 is 11.6 Å². The van der Waals surface area contributed by atoms with Gasteiger partial charge in [0.25, 0.3) is 0 Å². The Kier molecular flexibility index (Phi) is 8.19. The number of nitrogens with one attached hydrogen (secondary N) is 1. The predicted molar refractivity (Wildman–Crippen MR) is 252 cm³/mol. The van der Waals surface area contributed by atoms with Gasteiger partial charge in [0.15, 0.2) is 6.17 Å². The average molecular weight is 799 g/mol. The minimum absolute atomic E-state index is 0.404. The van der Waals surface area contributed by atoms with E-state index in [1.165, 1.54) is 65.1 Å². The molecule has 0 amide bonds. The first-order valence-corrected chi connectivity index (χ1v) is 21.5. The summed E-state index contributed by atoms with van der Waals surface area (Å²) in [4.78, 5) is 12.9. The molecule has 9 aromatic carbocycles. The molecule has 2 aliphatic heterocycles. The molecule has 9 aromatic rings. The molecule has 0 saturated carbocycles. The van der Waals surface area contributed by atoms with Crippen LogP contribution in [0.2, 0.25) is 0 Å². The second-order valence-corrected chi connectivity index (χ2v) is 17.0. The summed E-state index contributed by atoms with van der Waals surface area (Å²) in [6.07, 6.45) is -0.404. The molecule has 5 heteroatoms. The molecule has 1 unspecified atom stereocenters. The smallest absolute Gasteiger partial charge is 0.169 e. The van der Waals surface area contributed by atoms with Crippen LogP contribution in [0.15, 0.2) is 226 Å². The van der Waals surface area contributed by atoms with E-state index in [1.807, 2.05) is 60.3 Å². The number of nitrogen functional groups attached to an aromatic ring is 1. The monoisotopic (exact) mass is 798 g/mol. The lowest BCUT2D eigenvalue weighted by molar-refractivity contribution is 0.723. The lowest BCUT2D eigenvalue weighted by Crippen LogP contribution is -2.35. The zero-order valence-electron chi connectivity index (χ0n) is 33.1. The van der Waals surface area contributed by atoms with Crippen LogP contribution in [0.1, 0.15) is 45.1 Å². The third-order valence-corrected chi connectivity index (χ3v) is 13.7. The first-order chi connectivity index (χ1) is 30.1. The number of hydrogen-bond donors (Lipinski definition) is 2. The van der Waals surface area contributed by atoms with E-state index in [9.17, 15) is 0 Å². The summed E-state index contributed by atoms with van der Waals surface area (Å²) in [5.74, 6) is 1.62. The van der Waals surface area contributed by atoms with E-state index in [4.69, 9.17) is 15.7 Å². The first kappa shape index (κ1) is 35.5. The second-order valence-electron chi connectivity index (χ2n) is 15.9. The molecule has 0 fully saturated rings. The number of amidine groups is 2. The molecule has 1 aliphatic carbocycles. The molecule has 0 radical (unpaired) electrons. The minimum atomic E-state index is -0.550. The Balaban J connectivity index is 1.06. The van der Waals surface area contributed by atoms with Crippen LogP contribution in [-0.4, -0.2) is 11.7 Å². The third-order valence-electron chi connectivity index (χ3n) is 12.5. The van der Waals surface area contributed by atoms with Gasteiger partial charge in [0.05, 0.1) is 5.41 Å². The third kappa shape index (κ3) is 5.62. The number of benzene rings is 9. The first-order valence-electron chi connectivity index (χ1n) is 20.7. The van der Waals surface area contributed by atoms with E-state index in [1.54, 1.807) is 0 Å². The molecule has 3 aliphatic rings. The van der Waals surface area contributed by atoms with Crippen molar-refractivity contribution in [2.24, 2.45) is 9.98 Å². The molecule has 0 aromatic heterocycles. The van der Waals surface area contributed by atoms with Gasteiger partial charge in [-0.15, -0.1) is 0 Å². The maximum Gasteiger partial charge on any atom is 0.169 e. The quantitative estimate of drug-likeness (QED) is 0.171. The maximum absolute atomic E-state index is 6.16. The van der Waals surface area contributed by atoms with Crippen molar-refractivity contribution in [3.8, 4) is 33.4 Å². The molecule has 3 N–H and O–H groups in total. The number of anilines is 1. The summed E-state index contributed by atoms with van der Waals surface area (Å²) >= 11 is 1.87. The van der Waals surface area contributed by atoms with Gasteiger partial charge in [0, 0.05) is 26.6 Å². The van der Waals surface area contributed by atoms with E-state index in [-0.39, 0.29) is 0 Å². The fourth-order valence-electron chi connectivity index (χ4n) is 9.77. The Morgan fingerprint density at radius 1 is 0.426 bits per heavy atom. The predicted octanol–water partition coefficient (Wildman–Crippen LogP) is 13.1. The summed E-state index contributed by atoms with van der Waals surface area (Å²) < 4.78 is 0. The van der Waals surface area contributed by atoms with Crippen molar-refractivity contribution < 1.29 is 0 Å². The van der Waals surface area contributed by atoms with Gasteiger partial charge < -0.3 is 11.1 Å². The van der Waals surface area contributed by atoms with Crippen LogP contribution in [0.5, 0.6) is 0 Å². The summed E-state index contributed by atoms with van der Waals surface area (Å²) in [5.41, 5.74) is 22.0. The molecular formula is C56H38N4S. The Morgan fingerprint density at radius 3 is 1.72 bits per heavy atom. The Labute approximate surface area is 359 Å². The van der Waals surface area contributed by atoms with Gasteiger partial charge in [0.2, 0.25) is 0 Å². The van der Waals surface area contributed by atoms with Crippen LogP contribution in [0.4, 0.5) is 5.69 Å². The largest absolute Gasteiger partial charge is 0.399 e. The lowest BCUT2D eigenvalue weighted by Gasteiger charge is -2.40. The van der Waals surface area contributed by atoms with Crippen LogP contribution in [0.25, 0.3) is 44.2 Å². The van der Waals surface area contributed by atoms with Crippen molar-refractivity contribution in [1.82, 2.24) is 5.32 Å². The molecule has 61 heavy (non-hydrogen) atoms. The number of hydrogen-bond acceptors (Lipinski definition) is 5. The lowest BCUT2D eigenvalue weighted by atomic mass is 9.66. The highest BCUT2D eigenvalue weighted by molar-refractivity contribution is 7.99. The highest BCUT2D eigenvalue weighted by atomic mass is 32.2. The Bertz CT molecular complexity index is 3190. The molecule has 288 valence electrons. The van der Waals surface area contributed by atoms with Crippen molar-refractivity contribution in [3.05, 3.63) is 245 Å². The van der Waals surface area contributed by atoms with Crippen molar-refractivity contribution in [2.75, 3.05) is 5.73 Å². The second kappa shape index (κ2) is 14.1. The Morgan fingerprint density at radius 2 is 1.00 bits per heavy atom. The normalized spacial score (nSPS) is 16.2. The highest BCUT2D eigenvalue weighted by Gasteiger charge is 2.51. The van der Waals surface area contributed by atoms with Crippen LogP contribution in [-0.2, 0) is 5.41 Å². The van der Waals surface area contributed by atoms with Crippen molar-refractivity contribution in [1.29, 1.82) is 0 Å². The molecule has 12 rings (SSSR count). The SMILES string of the molecule is Nc1ccc(-c2ccc3c(c2)C2(c4ccccc4S3)c3ccccc3-c3c2cc(-c2ccc(C4N=C(c5ccccc5)NC(c5ccccc5)=N4)cc2)c2ccccc32)cc1. The zero-order chi connectivity index (χ0) is 40.5. The van der Waals surface area contributed by atoms with Gasteiger partial charge >= 0.3 is 0 Å². The highest BCUT2D eigenvalue weighted by Crippen LogP contribution is 2.64. The van der Waals surface area contributed by atoms with E-state index >= 15 is 0 Å². The summed E-state index contributed by atoms with van der Waals surface area (Å²) in [7, 11) is 0. The minimum Gasteiger partial charge on any atom is -0.399 e. The molecule has 0 bridgehead atoms. The van der Waals surface area contributed by atoms with E-state index in [2.05, 4.69) is 163 Å².